The van der Waals surface area contributed by atoms with Crippen LogP contribution in [0.1, 0.15) is 11.1 Å². The largest absolute Gasteiger partial charge is 0.493 e. The Morgan fingerprint density at radius 2 is 1.78 bits per heavy atom. The first-order chi connectivity index (χ1) is 15.5. The van der Waals surface area contributed by atoms with E-state index in [1.54, 1.807) is 48.5 Å². The van der Waals surface area contributed by atoms with Crippen molar-refractivity contribution in [1.82, 2.24) is 5.43 Å². The number of rotatable bonds is 6. The predicted octanol–water partition coefficient (Wildman–Crippen LogP) is 4.64. The van der Waals surface area contributed by atoms with E-state index in [1.165, 1.54) is 30.3 Å². The third kappa shape index (κ3) is 4.50. The second-order valence-corrected chi connectivity index (χ2v) is 7.83. The normalized spacial score (nSPS) is 14.6. The summed E-state index contributed by atoms with van der Waals surface area (Å²) in [6.45, 7) is 0.144. The molecule has 8 heteroatoms. The maximum atomic E-state index is 13.2. The summed E-state index contributed by atoms with van der Waals surface area (Å²) < 4.78 is 25.3. The van der Waals surface area contributed by atoms with Gasteiger partial charge in [-0.25, -0.2) is 9.40 Å². The van der Waals surface area contributed by atoms with Gasteiger partial charge in [0.2, 0.25) is 0 Å². The molecule has 1 saturated heterocycles. The zero-order valence-corrected chi connectivity index (χ0v) is 18.6. The van der Waals surface area contributed by atoms with Gasteiger partial charge in [0, 0.05) is 10.0 Å². The highest BCUT2D eigenvalue weighted by atomic mass is 79.9. The third-order valence-corrected chi connectivity index (χ3v) is 5.23. The lowest BCUT2D eigenvalue weighted by Crippen LogP contribution is -2.35. The molecule has 1 N–H and O–H groups in total. The Bertz CT molecular complexity index is 1200. The molecule has 6 nitrogen and oxygen atoms in total. The van der Waals surface area contributed by atoms with Gasteiger partial charge in [-0.3, -0.25) is 15.0 Å². The van der Waals surface area contributed by atoms with Crippen LogP contribution in [0.5, 0.6) is 11.5 Å². The van der Waals surface area contributed by atoms with Crippen molar-refractivity contribution in [2.24, 2.45) is 0 Å². The van der Waals surface area contributed by atoms with E-state index in [1.807, 2.05) is 6.07 Å². The molecule has 162 valence electrons. The Morgan fingerprint density at radius 1 is 1.06 bits per heavy atom. The van der Waals surface area contributed by atoms with Gasteiger partial charge in [0.15, 0.2) is 11.5 Å². The van der Waals surface area contributed by atoms with Gasteiger partial charge in [0.1, 0.15) is 18.0 Å². The number of hydrogen-bond acceptors (Lipinski definition) is 4. The molecule has 0 atom stereocenters. The molecule has 0 aliphatic carbocycles. The summed E-state index contributed by atoms with van der Waals surface area (Å²) in [4.78, 5) is 25.5. The minimum absolute atomic E-state index is 0.0411. The molecule has 0 radical (unpaired) electrons. The Kier molecular flexibility index (Phi) is 6.23. The molecule has 0 bridgehead atoms. The van der Waals surface area contributed by atoms with Gasteiger partial charge in [-0.05, 0) is 48.0 Å². The number of carbonyl (C=O) groups excluding carboxylic acids is 2. The quantitative estimate of drug-likeness (QED) is 0.398. The van der Waals surface area contributed by atoms with E-state index in [4.69, 9.17) is 9.47 Å². The fraction of sp³-hybridized carbons (Fsp3) is 0.0833. The number of hydrazine groups is 1. The molecule has 0 aromatic heterocycles. The molecule has 1 aliphatic heterocycles. The van der Waals surface area contributed by atoms with Crippen LogP contribution < -0.4 is 19.9 Å². The highest BCUT2D eigenvalue weighted by Gasteiger charge is 2.34. The number of nitrogens with zero attached hydrogens (tertiary/aromatic N) is 1. The maximum absolute atomic E-state index is 13.2. The van der Waals surface area contributed by atoms with E-state index in [0.717, 1.165) is 5.56 Å². The summed E-state index contributed by atoms with van der Waals surface area (Å²) in [6, 6.07) is 18.2. The third-order valence-electron chi connectivity index (χ3n) is 4.77. The van der Waals surface area contributed by atoms with Crippen molar-refractivity contribution in [3.63, 3.8) is 0 Å². The zero-order valence-electron chi connectivity index (χ0n) is 17.0. The molecule has 2 amide bonds. The van der Waals surface area contributed by atoms with Crippen molar-refractivity contribution in [3.05, 3.63) is 93.7 Å². The van der Waals surface area contributed by atoms with Gasteiger partial charge < -0.3 is 9.47 Å². The number of halogens is 2. The van der Waals surface area contributed by atoms with Crippen LogP contribution in [0.2, 0.25) is 0 Å². The summed E-state index contributed by atoms with van der Waals surface area (Å²) in [5.41, 5.74) is 4.31. The number of ether oxygens (including phenoxy) is 2. The van der Waals surface area contributed by atoms with Gasteiger partial charge in [0.25, 0.3) is 11.8 Å². The van der Waals surface area contributed by atoms with Gasteiger partial charge in [-0.2, -0.15) is 0 Å². The molecule has 0 saturated carbocycles. The van der Waals surface area contributed by atoms with E-state index in [0.29, 0.717) is 27.2 Å². The summed E-state index contributed by atoms with van der Waals surface area (Å²) in [5.74, 6) is -0.577. The number of para-hydroxylation sites is 1. The second kappa shape index (κ2) is 9.23. The highest BCUT2D eigenvalue weighted by molar-refractivity contribution is 9.10. The lowest BCUT2D eigenvalue weighted by atomic mass is 10.1. The number of methoxy groups -OCH3 is 1. The number of anilines is 1. The molecule has 0 spiro atoms. The lowest BCUT2D eigenvalue weighted by Gasteiger charge is -2.15. The topological polar surface area (TPSA) is 67.9 Å². The summed E-state index contributed by atoms with van der Waals surface area (Å²) in [5, 5.41) is 1.20. The summed E-state index contributed by atoms with van der Waals surface area (Å²) in [7, 11) is 1.49. The van der Waals surface area contributed by atoms with Crippen molar-refractivity contribution in [2.45, 2.75) is 6.61 Å². The van der Waals surface area contributed by atoms with Crippen molar-refractivity contribution < 1.29 is 23.5 Å². The van der Waals surface area contributed by atoms with Crippen molar-refractivity contribution in [2.75, 3.05) is 12.1 Å². The molecular formula is C24H18BrFN2O4. The molecular weight excluding hydrogens is 479 g/mol. The molecule has 3 aromatic rings. The first-order valence-corrected chi connectivity index (χ1v) is 10.4. The Morgan fingerprint density at radius 3 is 2.47 bits per heavy atom. The number of carbonyl (C=O) groups is 2. The van der Waals surface area contributed by atoms with Gasteiger partial charge in [0.05, 0.1) is 12.8 Å². The van der Waals surface area contributed by atoms with Gasteiger partial charge >= 0.3 is 0 Å². The Balaban J connectivity index is 1.68. The zero-order chi connectivity index (χ0) is 22.7. The monoisotopic (exact) mass is 496 g/mol. The van der Waals surface area contributed by atoms with Crippen LogP contribution in [-0.2, 0) is 16.2 Å². The van der Waals surface area contributed by atoms with Crippen molar-refractivity contribution in [1.29, 1.82) is 0 Å². The minimum Gasteiger partial charge on any atom is -0.493 e. The van der Waals surface area contributed by atoms with Crippen LogP contribution in [0.3, 0.4) is 0 Å². The standard InChI is InChI=1S/C24H18BrFN2O4/c1-31-21-13-17(25)11-16(22(21)32-14-15-7-9-18(26)10-8-15)12-20-23(29)27-28(24(20)30)19-5-3-2-4-6-19/h2-13H,14H2,1H3,(H,27,29)/b20-12-. The molecule has 4 rings (SSSR count). The van der Waals surface area contributed by atoms with E-state index < -0.39 is 11.8 Å². The molecule has 1 fully saturated rings. The highest BCUT2D eigenvalue weighted by Crippen LogP contribution is 2.37. The van der Waals surface area contributed by atoms with Crippen LogP contribution >= 0.6 is 15.9 Å². The van der Waals surface area contributed by atoms with E-state index >= 15 is 0 Å². The van der Waals surface area contributed by atoms with Crippen LogP contribution in [0.15, 0.2) is 76.8 Å². The number of hydrogen-bond donors (Lipinski definition) is 1. The predicted molar refractivity (Wildman–Crippen MR) is 121 cm³/mol. The fourth-order valence-corrected chi connectivity index (χ4v) is 3.66. The molecule has 3 aromatic carbocycles. The average Bonchev–Trinajstić information content (AvgIpc) is 3.08. The first kappa shape index (κ1) is 21.6. The number of nitrogens with one attached hydrogen (secondary N) is 1. The van der Waals surface area contributed by atoms with Crippen molar-refractivity contribution in [3.8, 4) is 11.5 Å². The molecule has 32 heavy (non-hydrogen) atoms. The molecule has 1 aliphatic rings. The number of benzene rings is 3. The molecule has 1 heterocycles. The van der Waals surface area contributed by atoms with Crippen LogP contribution in [0, 0.1) is 5.82 Å². The van der Waals surface area contributed by atoms with Crippen molar-refractivity contribution >= 4 is 39.5 Å². The van der Waals surface area contributed by atoms with E-state index in [-0.39, 0.29) is 18.0 Å². The van der Waals surface area contributed by atoms with Crippen LogP contribution in [0.4, 0.5) is 10.1 Å². The Hall–Kier alpha value is -3.65. The average molecular weight is 497 g/mol. The number of amides is 2. The SMILES string of the molecule is COc1cc(Br)cc(/C=C2/C(=O)NN(c3ccccc3)C2=O)c1OCc1ccc(F)cc1. The first-order valence-electron chi connectivity index (χ1n) is 9.63. The van der Waals surface area contributed by atoms with E-state index in [9.17, 15) is 14.0 Å². The lowest BCUT2D eigenvalue weighted by molar-refractivity contribution is -0.117. The summed E-state index contributed by atoms with van der Waals surface area (Å²) >= 11 is 3.42. The fourth-order valence-electron chi connectivity index (χ4n) is 3.21. The van der Waals surface area contributed by atoms with E-state index in [2.05, 4.69) is 21.4 Å². The maximum Gasteiger partial charge on any atom is 0.282 e. The smallest absolute Gasteiger partial charge is 0.282 e. The van der Waals surface area contributed by atoms with Gasteiger partial charge in [-0.15, -0.1) is 0 Å². The Labute approximate surface area is 192 Å². The van der Waals surface area contributed by atoms with Gasteiger partial charge in [-0.1, -0.05) is 46.3 Å². The van der Waals surface area contributed by atoms with Crippen LogP contribution in [0.25, 0.3) is 6.08 Å². The second-order valence-electron chi connectivity index (χ2n) is 6.92. The molecule has 0 unspecified atom stereocenters. The summed E-state index contributed by atoms with van der Waals surface area (Å²) in [6.07, 6.45) is 1.47. The minimum atomic E-state index is -0.526. The van der Waals surface area contributed by atoms with Crippen LogP contribution in [-0.4, -0.2) is 18.9 Å².